The molecule has 0 spiro atoms. The molecule has 2 atom stereocenters. The number of hydrogen-bond acceptors (Lipinski definition) is 3. The van der Waals surface area contributed by atoms with Crippen LogP contribution >= 0.6 is 0 Å². The molecule has 0 radical (unpaired) electrons. The molecule has 0 aromatic heterocycles. The summed E-state index contributed by atoms with van der Waals surface area (Å²) in [5.74, 6) is 0. The van der Waals surface area contributed by atoms with Crippen LogP contribution in [0.5, 0.6) is 0 Å². The zero-order chi connectivity index (χ0) is 8.55. The van der Waals surface area contributed by atoms with Gasteiger partial charge in [0.15, 0.2) is 0 Å². The molecule has 2 unspecified atom stereocenters. The molecule has 0 bridgehead atoms. The van der Waals surface area contributed by atoms with Crippen molar-refractivity contribution in [2.45, 2.75) is 43.8 Å². The fourth-order valence-corrected chi connectivity index (χ4v) is 2.78. The molecule has 2 N–H and O–H groups in total. The molecule has 2 saturated heterocycles. The second kappa shape index (κ2) is 3.32. The minimum atomic E-state index is 0.257. The highest BCUT2D eigenvalue weighted by Crippen LogP contribution is 2.36. The van der Waals surface area contributed by atoms with E-state index in [0.29, 0.717) is 18.1 Å². The Morgan fingerprint density at radius 1 is 0.917 bits per heavy atom. The van der Waals surface area contributed by atoms with Crippen LogP contribution in [0.2, 0.25) is 0 Å². The van der Waals surface area contributed by atoms with E-state index in [1.54, 1.807) is 0 Å². The van der Waals surface area contributed by atoms with Gasteiger partial charge in [0.05, 0.1) is 13.2 Å². The third-order valence-corrected chi connectivity index (χ3v) is 3.35. The van der Waals surface area contributed by atoms with Crippen LogP contribution in [0.25, 0.3) is 0 Å². The minimum absolute atomic E-state index is 0.257. The number of hydrogen-bond donors (Lipinski definition) is 2. The standard InChI is InChI=1S/C9H17NO2/c11-5-8-3-1-7-2-4-9(6-12)10(7)8/h7-9,11-12H,1-6H2. The van der Waals surface area contributed by atoms with Gasteiger partial charge in [-0.15, -0.1) is 0 Å². The normalized spacial score (nSPS) is 42.0. The van der Waals surface area contributed by atoms with Gasteiger partial charge >= 0.3 is 0 Å². The molecule has 2 aliphatic rings. The fourth-order valence-electron chi connectivity index (χ4n) is 2.78. The van der Waals surface area contributed by atoms with Crippen molar-refractivity contribution >= 4 is 0 Å². The molecule has 0 aromatic carbocycles. The van der Waals surface area contributed by atoms with E-state index in [2.05, 4.69) is 4.90 Å². The Morgan fingerprint density at radius 2 is 1.42 bits per heavy atom. The van der Waals surface area contributed by atoms with Gasteiger partial charge in [-0.3, -0.25) is 4.90 Å². The molecule has 0 amide bonds. The van der Waals surface area contributed by atoms with Crippen molar-refractivity contribution in [3.05, 3.63) is 0 Å². The SMILES string of the molecule is OCC1CCC2CCC(CO)N12. The average Bonchev–Trinajstić information content (AvgIpc) is 2.62. The van der Waals surface area contributed by atoms with Gasteiger partial charge in [0.1, 0.15) is 0 Å². The van der Waals surface area contributed by atoms with Gasteiger partial charge < -0.3 is 10.2 Å². The van der Waals surface area contributed by atoms with Crippen molar-refractivity contribution in [1.29, 1.82) is 0 Å². The van der Waals surface area contributed by atoms with E-state index in [0.717, 1.165) is 12.8 Å². The molecule has 0 aliphatic carbocycles. The summed E-state index contributed by atoms with van der Waals surface area (Å²) in [6.45, 7) is 0.514. The van der Waals surface area contributed by atoms with Crippen LogP contribution in [0.1, 0.15) is 25.7 Å². The average molecular weight is 171 g/mol. The zero-order valence-corrected chi connectivity index (χ0v) is 7.32. The van der Waals surface area contributed by atoms with Crippen LogP contribution in [0, 0.1) is 0 Å². The first-order chi connectivity index (χ1) is 5.86. The third kappa shape index (κ3) is 1.16. The van der Waals surface area contributed by atoms with Gasteiger partial charge in [0.25, 0.3) is 0 Å². The van der Waals surface area contributed by atoms with Gasteiger partial charge in [0, 0.05) is 18.1 Å². The first kappa shape index (κ1) is 8.48. The molecule has 3 heteroatoms. The van der Waals surface area contributed by atoms with E-state index in [-0.39, 0.29) is 13.2 Å². The highest BCUT2D eigenvalue weighted by Gasteiger charge is 2.41. The van der Waals surface area contributed by atoms with Crippen LogP contribution in [-0.2, 0) is 0 Å². The Kier molecular flexibility index (Phi) is 2.35. The van der Waals surface area contributed by atoms with Crippen LogP contribution < -0.4 is 0 Å². The van der Waals surface area contributed by atoms with Gasteiger partial charge in [0.2, 0.25) is 0 Å². The number of aliphatic hydroxyl groups excluding tert-OH is 2. The first-order valence-electron chi connectivity index (χ1n) is 4.86. The van der Waals surface area contributed by atoms with E-state index in [4.69, 9.17) is 10.2 Å². The van der Waals surface area contributed by atoms with E-state index in [1.807, 2.05) is 0 Å². The van der Waals surface area contributed by atoms with Gasteiger partial charge in [-0.1, -0.05) is 0 Å². The maximum atomic E-state index is 9.10. The lowest BCUT2D eigenvalue weighted by Gasteiger charge is -2.28. The summed E-state index contributed by atoms with van der Waals surface area (Å²) in [6.07, 6.45) is 4.64. The Bertz CT molecular complexity index is 147. The summed E-state index contributed by atoms with van der Waals surface area (Å²) < 4.78 is 0. The summed E-state index contributed by atoms with van der Waals surface area (Å²) in [6, 6.07) is 1.31. The Balaban J connectivity index is 2.05. The lowest BCUT2D eigenvalue weighted by atomic mass is 10.1. The maximum absolute atomic E-state index is 9.10. The summed E-state index contributed by atoms with van der Waals surface area (Å²) >= 11 is 0. The summed E-state index contributed by atoms with van der Waals surface area (Å²) in [5.41, 5.74) is 0. The Morgan fingerprint density at radius 3 is 1.83 bits per heavy atom. The lowest BCUT2D eigenvalue weighted by Crippen LogP contribution is -2.41. The molecule has 0 aromatic rings. The monoisotopic (exact) mass is 171 g/mol. The molecule has 2 rings (SSSR count). The molecular formula is C9H17NO2. The number of rotatable bonds is 2. The second-order valence-electron chi connectivity index (χ2n) is 3.93. The number of fused-ring (bicyclic) bond motifs is 1. The van der Waals surface area contributed by atoms with E-state index in [9.17, 15) is 0 Å². The smallest absolute Gasteiger partial charge is 0.0587 e. The second-order valence-corrected chi connectivity index (χ2v) is 3.93. The summed E-state index contributed by atoms with van der Waals surface area (Å²) in [5, 5.41) is 18.2. The Labute approximate surface area is 73.0 Å². The molecule has 2 fully saturated rings. The van der Waals surface area contributed by atoms with Crippen molar-refractivity contribution in [2.75, 3.05) is 13.2 Å². The minimum Gasteiger partial charge on any atom is -0.395 e. The van der Waals surface area contributed by atoms with Crippen LogP contribution in [0.4, 0.5) is 0 Å². The summed E-state index contributed by atoms with van der Waals surface area (Å²) in [4.78, 5) is 2.33. The van der Waals surface area contributed by atoms with Crippen LogP contribution in [-0.4, -0.2) is 46.5 Å². The third-order valence-electron chi connectivity index (χ3n) is 3.35. The van der Waals surface area contributed by atoms with Gasteiger partial charge in [-0.25, -0.2) is 0 Å². The highest BCUT2D eigenvalue weighted by molar-refractivity contribution is 4.96. The van der Waals surface area contributed by atoms with Crippen molar-refractivity contribution in [3.63, 3.8) is 0 Å². The molecular weight excluding hydrogens is 154 g/mol. The van der Waals surface area contributed by atoms with E-state index >= 15 is 0 Å². The maximum Gasteiger partial charge on any atom is 0.0587 e. The van der Waals surface area contributed by atoms with Crippen molar-refractivity contribution in [2.24, 2.45) is 0 Å². The van der Waals surface area contributed by atoms with E-state index < -0.39 is 0 Å². The predicted octanol–water partition coefficient (Wildman–Crippen LogP) is -0.0336. The highest BCUT2D eigenvalue weighted by atomic mass is 16.3. The topological polar surface area (TPSA) is 43.7 Å². The lowest BCUT2D eigenvalue weighted by molar-refractivity contribution is 0.0861. The molecule has 3 nitrogen and oxygen atoms in total. The molecule has 12 heavy (non-hydrogen) atoms. The van der Waals surface area contributed by atoms with Crippen LogP contribution in [0.3, 0.4) is 0 Å². The number of aliphatic hydroxyl groups is 2. The number of nitrogens with zero attached hydrogens (tertiary/aromatic N) is 1. The zero-order valence-electron chi connectivity index (χ0n) is 7.32. The van der Waals surface area contributed by atoms with Gasteiger partial charge in [-0.05, 0) is 25.7 Å². The molecule has 70 valence electrons. The van der Waals surface area contributed by atoms with Crippen molar-refractivity contribution < 1.29 is 10.2 Å². The predicted molar refractivity (Wildman–Crippen MR) is 45.8 cm³/mol. The van der Waals surface area contributed by atoms with Crippen molar-refractivity contribution in [3.8, 4) is 0 Å². The summed E-state index contributed by atoms with van der Waals surface area (Å²) in [7, 11) is 0. The largest absolute Gasteiger partial charge is 0.395 e. The quantitative estimate of drug-likeness (QED) is 0.613. The van der Waals surface area contributed by atoms with Crippen molar-refractivity contribution in [1.82, 2.24) is 4.90 Å². The Hall–Kier alpha value is -0.120. The first-order valence-corrected chi connectivity index (χ1v) is 4.86. The van der Waals surface area contributed by atoms with E-state index in [1.165, 1.54) is 12.8 Å². The van der Waals surface area contributed by atoms with Gasteiger partial charge in [-0.2, -0.15) is 0 Å². The fraction of sp³-hybridized carbons (Fsp3) is 1.00. The van der Waals surface area contributed by atoms with Crippen LogP contribution in [0.15, 0.2) is 0 Å². The molecule has 2 aliphatic heterocycles. The molecule has 0 saturated carbocycles. The molecule has 2 heterocycles.